The number of ether oxygens (including phenoxy) is 2. The lowest BCUT2D eigenvalue weighted by Crippen LogP contribution is -1.96. The molecule has 0 unspecified atom stereocenters. The van der Waals surface area contributed by atoms with E-state index < -0.39 is 5.24 Å². The molecule has 1 aromatic rings. The molecule has 0 aromatic heterocycles. The first-order valence-corrected chi connectivity index (χ1v) is 5.43. The lowest BCUT2D eigenvalue weighted by molar-refractivity contribution is -0.111. The van der Waals surface area contributed by atoms with Crippen molar-refractivity contribution in [2.75, 3.05) is 14.2 Å². The van der Waals surface area contributed by atoms with Crippen LogP contribution in [0.4, 0.5) is 0 Å². The molecular formula is C12H17ClO3. The number of carbonyl (C=O) groups excluding carboxylic acids is 1. The van der Waals surface area contributed by atoms with Gasteiger partial charge in [0.05, 0.1) is 14.2 Å². The van der Waals surface area contributed by atoms with Gasteiger partial charge >= 0.3 is 0 Å². The van der Waals surface area contributed by atoms with Gasteiger partial charge in [0, 0.05) is 12.5 Å². The molecule has 90 valence electrons. The van der Waals surface area contributed by atoms with Crippen LogP contribution in [0.2, 0.25) is 0 Å². The van der Waals surface area contributed by atoms with Crippen LogP contribution >= 0.6 is 11.6 Å². The van der Waals surface area contributed by atoms with Crippen molar-refractivity contribution in [2.24, 2.45) is 0 Å². The Bertz CT molecular complexity index is 315. The van der Waals surface area contributed by atoms with Gasteiger partial charge < -0.3 is 9.47 Å². The van der Waals surface area contributed by atoms with Crippen LogP contribution < -0.4 is 9.47 Å². The normalized spacial score (nSPS) is 8.81. The summed E-state index contributed by atoms with van der Waals surface area (Å²) in [5.74, 6) is 1.30. The third-order valence-corrected chi connectivity index (χ3v) is 1.89. The van der Waals surface area contributed by atoms with E-state index in [9.17, 15) is 4.79 Å². The highest BCUT2D eigenvalue weighted by atomic mass is 35.5. The van der Waals surface area contributed by atoms with E-state index in [0.29, 0.717) is 11.5 Å². The summed E-state index contributed by atoms with van der Waals surface area (Å²) >= 11 is 5.28. The number of carbonyl (C=O) groups is 1. The molecule has 0 aliphatic rings. The third-order valence-electron chi connectivity index (χ3n) is 1.75. The van der Waals surface area contributed by atoms with Crippen LogP contribution in [0.5, 0.6) is 11.5 Å². The van der Waals surface area contributed by atoms with E-state index in [-0.39, 0.29) is 6.42 Å². The molecule has 0 aliphatic carbocycles. The van der Waals surface area contributed by atoms with Crippen LogP contribution in [0.15, 0.2) is 18.2 Å². The van der Waals surface area contributed by atoms with Gasteiger partial charge in [-0.3, -0.25) is 4.79 Å². The Labute approximate surface area is 101 Å². The molecule has 1 aromatic carbocycles. The predicted octanol–water partition coefficient (Wildman–Crippen LogP) is 3.04. The Morgan fingerprint density at radius 3 is 1.88 bits per heavy atom. The molecule has 0 spiro atoms. The third kappa shape index (κ3) is 5.03. The topological polar surface area (TPSA) is 35.5 Å². The van der Waals surface area contributed by atoms with Crippen molar-refractivity contribution in [3.05, 3.63) is 23.8 Å². The van der Waals surface area contributed by atoms with Crippen molar-refractivity contribution in [3.63, 3.8) is 0 Å². The van der Waals surface area contributed by atoms with Gasteiger partial charge in [0.2, 0.25) is 5.24 Å². The quantitative estimate of drug-likeness (QED) is 0.764. The average molecular weight is 245 g/mol. The Balaban J connectivity index is 0.00000106. The lowest BCUT2D eigenvalue weighted by atomic mass is 10.1. The molecule has 0 heterocycles. The van der Waals surface area contributed by atoms with E-state index in [1.165, 1.54) is 0 Å². The van der Waals surface area contributed by atoms with Crippen LogP contribution in [0.1, 0.15) is 19.4 Å². The minimum absolute atomic E-state index is 0.176. The minimum Gasteiger partial charge on any atom is -0.497 e. The van der Waals surface area contributed by atoms with Crippen LogP contribution in [-0.4, -0.2) is 19.5 Å². The van der Waals surface area contributed by atoms with E-state index in [1.807, 2.05) is 13.8 Å². The number of hydrogen-bond donors (Lipinski definition) is 0. The van der Waals surface area contributed by atoms with E-state index >= 15 is 0 Å². The summed E-state index contributed by atoms with van der Waals surface area (Å²) in [5.41, 5.74) is 0.779. The molecule has 0 radical (unpaired) electrons. The lowest BCUT2D eigenvalue weighted by Gasteiger charge is -2.06. The molecule has 0 bridgehead atoms. The summed E-state index contributed by atoms with van der Waals surface area (Å²) in [4.78, 5) is 10.7. The van der Waals surface area contributed by atoms with E-state index in [1.54, 1.807) is 32.4 Å². The molecule has 0 saturated heterocycles. The van der Waals surface area contributed by atoms with Gasteiger partial charge in [-0.05, 0) is 29.3 Å². The van der Waals surface area contributed by atoms with E-state index in [2.05, 4.69) is 0 Å². The van der Waals surface area contributed by atoms with Crippen molar-refractivity contribution in [3.8, 4) is 11.5 Å². The first kappa shape index (κ1) is 14.8. The van der Waals surface area contributed by atoms with Crippen molar-refractivity contribution in [1.29, 1.82) is 0 Å². The summed E-state index contributed by atoms with van der Waals surface area (Å²) in [5, 5.41) is -0.402. The molecule has 0 saturated carbocycles. The molecule has 0 amide bonds. The fraction of sp³-hybridized carbons (Fsp3) is 0.417. The van der Waals surface area contributed by atoms with Gasteiger partial charge in [-0.2, -0.15) is 0 Å². The highest BCUT2D eigenvalue weighted by Gasteiger charge is 2.04. The second kappa shape index (κ2) is 7.99. The largest absolute Gasteiger partial charge is 0.497 e. The Morgan fingerprint density at radius 1 is 1.12 bits per heavy atom. The smallest absolute Gasteiger partial charge is 0.226 e. The van der Waals surface area contributed by atoms with Crippen LogP contribution in [0, 0.1) is 0 Å². The van der Waals surface area contributed by atoms with Gasteiger partial charge in [0.15, 0.2) is 0 Å². The summed E-state index contributed by atoms with van der Waals surface area (Å²) in [6.07, 6.45) is 0.176. The molecule has 0 N–H and O–H groups in total. The molecule has 3 nitrogen and oxygen atoms in total. The zero-order valence-corrected chi connectivity index (χ0v) is 10.8. The highest BCUT2D eigenvalue weighted by Crippen LogP contribution is 2.22. The van der Waals surface area contributed by atoms with Crippen molar-refractivity contribution < 1.29 is 14.3 Å². The second-order valence-electron chi connectivity index (χ2n) is 2.75. The van der Waals surface area contributed by atoms with E-state index in [4.69, 9.17) is 21.1 Å². The number of methoxy groups -OCH3 is 2. The van der Waals surface area contributed by atoms with Crippen molar-refractivity contribution in [1.82, 2.24) is 0 Å². The molecule has 4 heteroatoms. The number of benzene rings is 1. The predicted molar refractivity (Wildman–Crippen MR) is 65.5 cm³/mol. The first-order valence-electron chi connectivity index (χ1n) is 5.06. The fourth-order valence-corrected chi connectivity index (χ4v) is 1.28. The van der Waals surface area contributed by atoms with Crippen LogP contribution in [0.25, 0.3) is 0 Å². The summed E-state index contributed by atoms with van der Waals surface area (Å²) in [6.45, 7) is 4.00. The SMILES string of the molecule is CC.COc1cc(CC(=O)Cl)cc(OC)c1. The zero-order chi connectivity index (χ0) is 12.6. The van der Waals surface area contributed by atoms with Gasteiger partial charge in [-0.15, -0.1) is 0 Å². The molecule has 1 rings (SSSR count). The van der Waals surface area contributed by atoms with Gasteiger partial charge in [0.1, 0.15) is 11.5 Å². The van der Waals surface area contributed by atoms with E-state index in [0.717, 1.165) is 5.56 Å². The standard InChI is InChI=1S/C10H11ClO3.C2H6/c1-13-8-3-7(5-10(11)12)4-9(6-8)14-2;1-2/h3-4,6H,5H2,1-2H3;1-2H3. The Hall–Kier alpha value is -1.22. The molecular weight excluding hydrogens is 228 g/mol. The fourth-order valence-electron chi connectivity index (χ4n) is 1.13. The monoisotopic (exact) mass is 244 g/mol. The van der Waals surface area contributed by atoms with Gasteiger partial charge in [0.25, 0.3) is 0 Å². The molecule has 0 fully saturated rings. The maximum absolute atomic E-state index is 10.7. The van der Waals surface area contributed by atoms with Gasteiger partial charge in [-0.1, -0.05) is 13.8 Å². The molecule has 16 heavy (non-hydrogen) atoms. The summed E-state index contributed by atoms with van der Waals surface area (Å²) in [6, 6.07) is 5.24. The Kier molecular flexibility index (Phi) is 7.38. The van der Waals surface area contributed by atoms with Crippen LogP contribution in [-0.2, 0) is 11.2 Å². The Morgan fingerprint density at radius 2 is 1.56 bits per heavy atom. The van der Waals surface area contributed by atoms with Crippen LogP contribution in [0.3, 0.4) is 0 Å². The van der Waals surface area contributed by atoms with Crippen molar-refractivity contribution in [2.45, 2.75) is 20.3 Å². The second-order valence-corrected chi connectivity index (χ2v) is 3.17. The number of halogens is 1. The summed E-state index contributed by atoms with van der Waals surface area (Å²) in [7, 11) is 3.11. The van der Waals surface area contributed by atoms with Gasteiger partial charge in [-0.25, -0.2) is 0 Å². The average Bonchev–Trinajstić information content (AvgIpc) is 2.30. The maximum Gasteiger partial charge on any atom is 0.226 e. The molecule has 0 atom stereocenters. The maximum atomic E-state index is 10.7. The first-order chi connectivity index (χ1) is 7.65. The minimum atomic E-state index is -0.402. The number of rotatable bonds is 4. The van der Waals surface area contributed by atoms with Crippen molar-refractivity contribution >= 4 is 16.8 Å². The number of hydrogen-bond acceptors (Lipinski definition) is 3. The molecule has 0 aliphatic heterocycles. The summed E-state index contributed by atoms with van der Waals surface area (Å²) < 4.78 is 10.1. The highest BCUT2D eigenvalue weighted by molar-refractivity contribution is 6.63. The zero-order valence-electron chi connectivity index (χ0n) is 10.0.